The molecule has 0 radical (unpaired) electrons. The second kappa shape index (κ2) is 11.6. The van der Waals surface area contributed by atoms with Crippen LogP contribution in [-0.2, 0) is 6.54 Å². The van der Waals surface area contributed by atoms with Crippen molar-refractivity contribution in [1.29, 1.82) is 0 Å². The summed E-state index contributed by atoms with van der Waals surface area (Å²) >= 11 is 2.06. The molecular weight excluding hydrogens is 447 g/mol. The number of thioether (sulfide) groups is 1. The molecule has 1 amide bonds. The lowest BCUT2D eigenvalue weighted by molar-refractivity contribution is 0.0963. The van der Waals surface area contributed by atoms with Crippen molar-refractivity contribution >= 4 is 47.6 Å². The molecule has 1 fully saturated rings. The monoisotopic (exact) mass is 476 g/mol. The largest absolute Gasteiger partial charge is 0.357 e. The number of nitrogens with zero attached hydrogens (tertiary/aromatic N) is 2. The minimum atomic E-state index is -0.0634. The highest BCUT2D eigenvalue weighted by Crippen LogP contribution is 2.21. The summed E-state index contributed by atoms with van der Waals surface area (Å²) in [5.41, 5.74) is 1.72. The lowest BCUT2D eigenvalue weighted by Gasteiger charge is -2.34. The lowest BCUT2D eigenvalue weighted by Crippen LogP contribution is -2.48. The second-order valence-electron chi connectivity index (χ2n) is 5.80. The molecule has 0 aliphatic carbocycles. The summed E-state index contributed by atoms with van der Waals surface area (Å²) in [7, 11) is 1.65. The maximum Gasteiger partial charge on any atom is 0.251 e. The van der Waals surface area contributed by atoms with Gasteiger partial charge in [0, 0.05) is 43.2 Å². The maximum atomic E-state index is 11.8. The predicted molar refractivity (Wildman–Crippen MR) is 118 cm³/mol. The first-order valence-corrected chi connectivity index (χ1v) is 9.68. The SMILES string of the molecule is CCNC(=NCc1cccc(C(=O)NC)c1)N1CCSC(CC)C1.I. The van der Waals surface area contributed by atoms with E-state index in [9.17, 15) is 4.79 Å². The van der Waals surface area contributed by atoms with E-state index < -0.39 is 0 Å². The Morgan fingerprint density at radius 2 is 2.20 bits per heavy atom. The summed E-state index contributed by atoms with van der Waals surface area (Å²) in [6.45, 7) is 7.86. The smallest absolute Gasteiger partial charge is 0.251 e. The van der Waals surface area contributed by atoms with Gasteiger partial charge < -0.3 is 15.5 Å². The fourth-order valence-electron chi connectivity index (χ4n) is 2.71. The van der Waals surface area contributed by atoms with Gasteiger partial charge in [-0.25, -0.2) is 4.99 Å². The number of benzene rings is 1. The van der Waals surface area contributed by atoms with Gasteiger partial charge in [0.25, 0.3) is 5.91 Å². The Bertz CT molecular complexity index is 582. The Balaban J connectivity index is 0.00000312. The summed E-state index contributed by atoms with van der Waals surface area (Å²) in [4.78, 5) is 18.9. The van der Waals surface area contributed by atoms with Crippen LogP contribution in [0.2, 0.25) is 0 Å². The van der Waals surface area contributed by atoms with Crippen molar-refractivity contribution in [2.24, 2.45) is 4.99 Å². The van der Waals surface area contributed by atoms with Crippen molar-refractivity contribution in [2.45, 2.75) is 32.1 Å². The molecule has 140 valence electrons. The molecule has 2 rings (SSSR count). The number of amides is 1. The molecule has 5 nitrogen and oxygen atoms in total. The summed E-state index contributed by atoms with van der Waals surface area (Å²) in [6, 6.07) is 7.66. The predicted octanol–water partition coefficient (Wildman–Crippen LogP) is 2.96. The molecule has 1 atom stereocenters. The van der Waals surface area contributed by atoms with Crippen molar-refractivity contribution in [3.63, 3.8) is 0 Å². The highest BCUT2D eigenvalue weighted by molar-refractivity contribution is 14.0. The molecule has 0 aromatic heterocycles. The van der Waals surface area contributed by atoms with Crippen LogP contribution in [0.15, 0.2) is 29.3 Å². The molecule has 1 saturated heterocycles. The number of nitrogens with one attached hydrogen (secondary N) is 2. The number of halogens is 1. The molecule has 1 unspecified atom stereocenters. The van der Waals surface area contributed by atoms with Crippen molar-refractivity contribution in [3.05, 3.63) is 35.4 Å². The molecule has 25 heavy (non-hydrogen) atoms. The topological polar surface area (TPSA) is 56.7 Å². The fourth-order valence-corrected chi connectivity index (χ4v) is 3.89. The van der Waals surface area contributed by atoms with Crippen LogP contribution in [0.5, 0.6) is 0 Å². The lowest BCUT2D eigenvalue weighted by atomic mass is 10.1. The van der Waals surface area contributed by atoms with Gasteiger partial charge in [-0.3, -0.25) is 4.79 Å². The van der Waals surface area contributed by atoms with E-state index in [2.05, 4.69) is 41.1 Å². The quantitative estimate of drug-likeness (QED) is 0.390. The second-order valence-corrected chi connectivity index (χ2v) is 7.20. The first kappa shape index (κ1) is 22.1. The van der Waals surface area contributed by atoms with Gasteiger partial charge in [0.05, 0.1) is 6.54 Å². The first-order chi connectivity index (χ1) is 11.7. The molecule has 0 spiro atoms. The highest BCUT2D eigenvalue weighted by Gasteiger charge is 2.21. The Morgan fingerprint density at radius 1 is 1.40 bits per heavy atom. The number of guanidine groups is 1. The minimum Gasteiger partial charge on any atom is -0.357 e. The maximum absolute atomic E-state index is 11.8. The molecule has 1 aliphatic rings. The van der Waals surface area contributed by atoms with E-state index in [1.54, 1.807) is 7.05 Å². The van der Waals surface area contributed by atoms with Crippen LogP contribution in [-0.4, -0.2) is 54.5 Å². The number of carbonyl (C=O) groups is 1. The molecule has 1 heterocycles. The van der Waals surface area contributed by atoms with Gasteiger partial charge >= 0.3 is 0 Å². The highest BCUT2D eigenvalue weighted by atomic mass is 127. The van der Waals surface area contributed by atoms with Crippen LogP contribution in [0.3, 0.4) is 0 Å². The average molecular weight is 476 g/mol. The number of rotatable bonds is 5. The molecule has 7 heteroatoms. The van der Waals surface area contributed by atoms with E-state index in [1.807, 2.05) is 24.3 Å². The first-order valence-electron chi connectivity index (χ1n) is 8.63. The van der Waals surface area contributed by atoms with Gasteiger partial charge in [0.2, 0.25) is 0 Å². The summed E-state index contributed by atoms with van der Waals surface area (Å²) in [6.07, 6.45) is 1.19. The standard InChI is InChI=1S/C18H28N4OS.HI/c1-4-16-13-22(9-10-24-16)18(20-5-2)21-12-14-7-6-8-15(11-14)17(23)19-3;/h6-8,11,16H,4-5,9-10,12-13H2,1-3H3,(H,19,23)(H,20,21);1H. The van der Waals surface area contributed by atoms with Gasteiger partial charge in [0.1, 0.15) is 0 Å². The third kappa shape index (κ3) is 6.69. The van der Waals surface area contributed by atoms with E-state index in [4.69, 9.17) is 4.99 Å². The Morgan fingerprint density at radius 3 is 2.88 bits per heavy atom. The Labute approximate surface area is 172 Å². The van der Waals surface area contributed by atoms with Crippen LogP contribution in [0.1, 0.15) is 36.2 Å². The Kier molecular flexibility index (Phi) is 10.3. The zero-order chi connectivity index (χ0) is 17.4. The Hall–Kier alpha value is -0.960. The van der Waals surface area contributed by atoms with Crippen molar-refractivity contribution < 1.29 is 4.79 Å². The molecule has 1 aromatic rings. The van der Waals surface area contributed by atoms with Gasteiger partial charge in [-0.05, 0) is 31.0 Å². The molecule has 1 aromatic carbocycles. The van der Waals surface area contributed by atoms with E-state index in [1.165, 1.54) is 6.42 Å². The average Bonchev–Trinajstić information content (AvgIpc) is 2.64. The van der Waals surface area contributed by atoms with E-state index >= 15 is 0 Å². The molecule has 1 aliphatic heterocycles. The number of hydrogen-bond donors (Lipinski definition) is 2. The van der Waals surface area contributed by atoms with Crippen molar-refractivity contribution in [2.75, 3.05) is 32.4 Å². The summed E-state index contributed by atoms with van der Waals surface area (Å²) < 4.78 is 0. The van der Waals surface area contributed by atoms with Gasteiger partial charge in [-0.15, -0.1) is 24.0 Å². The fraction of sp³-hybridized carbons (Fsp3) is 0.556. The minimum absolute atomic E-state index is 0. The number of aliphatic imine (C=N–C) groups is 1. The van der Waals surface area contributed by atoms with Crippen LogP contribution in [0.4, 0.5) is 0 Å². The number of hydrogen-bond acceptors (Lipinski definition) is 3. The zero-order valence-corrected chi connectivity index (χ0v) is 18.4. The van der Waals surface area contributed by atoms with E-state index in [0.29, 0.717) is 17.4 Å². The van der Waals surface area contributed by atoms with Gasteiger partial charge in [-0.1, -0.05) is 19.1 Å². The third-order valence-corrected chi connectivity index (χ3v) is 5.43. The van der Waals surface area contributed by atoms with Gasteiger partial charge in [-0.2, -0.15) is 11.8 Å². The van der Waals surface area contributed by atoms with E-state index in [-0.39, 0.29) is 29.9 Å². The normalized spacial score (nSPS) is 17.6. The number of carbonyl (C=O) groups excluding carboxylic acids is 1. The molecule has 2 N–H and O–H groups in total. The molecular formula is C18H29IN4OS. The van der Waals surface area contributed by atoms with Crippen LogP contribution >= 0.6 is 35.7 Å². The molecule has 0 bridgehead atoms. The van der Waals surface area contributed by atoms with Crippen LogP contribution < -0.4 is 10.6 Å². The zero-order valence-electron chi connectivity index (χ0n) is 15.2. The van der Waals surface area contributed by atoms with Crippen LogP contribution in [0.25, 0.3) is 0 Å². The summed E-state index contributed by atoms with van der Waals surface area (Å²) in [5, 5.41) is 6.74. The van der Waals surface area contributed by atoms with E-state index in [0.717, 1.165) is 36.9 Å². The third-order valence-electron chi connectivity index (χ3n) is 4.06. The van der Waals surface area contributed by atoms with Crippen molar-refractivity contribution in [3.8, 4) is 0 Å². The van der Waals surface area contributed by atoms with Crippen molar-refractivity contribution in [1.82, 2.24) is 15.5 Å². The molecule has 0 saturated carbocycles. The summed E-state index contributed by atoms with van der Waals surface area (Å²) in [5.74, 6) is 2.06. The van der Waals surface area contributed by atoms with Crippen LogP contribution in [0, 0.1) is 0 Å². The van der Waals surface area contributed by atoms with Gasteiger partial charge in [0.15, 0.2) is 5.96 Å².